The first-order valence-electron chi connectivity index (χ1n) is 10.1. The Morgan fingerprint density at radius 3 is 2.47 bits per heavy atom. The van der Waals surface area contributed by atoms with E-state index in [-0.39, 0.29) is 18.7 Å². The lowest BCUT2D eigenvalue weighted by Gasteiger charge is -2.34. The van der Waals surface area contributed by atoms with Gasteiger partial charge in [0.05, 0.1) is 19.3 Å². The van der Waals surface area contributed by atoms with Crippen molar-refractivity contribution in [3.8, 4) is 5.75 Å². The summed E-state index contributed by atoms with van der Waals surface area (Å²) in [4.78, 5) is 42.8. The molecule has 2 amide bonds. The van der Waals surface area contributed by atoms with Gasteiger partial charge in [0.1, 0.15) is 11.5 Å². The van der Waals surface area contributed by atoms with Gasteiger partial charge >= 0.3 is 0 Å². The molecular formula is C24H24N2O6. The van der Waals surface area contributed by atoms with E-state index in [1.54, 1.807) is 56.4 Å². The molecule has 166 valence electrons. The van der Waals surface area contributed by atoms with Crippen molar-refractivity contribution in [1.29, 1.82) is 0 Å². The molecule has 2 aliphatic heterocycles. The van der Waals surface area contributed by atoms with Gasteiger partial charge in [-0.25, -0.2) is 0 Å². The number of amides is 2. The summed E-state index contributed by atoms with van der Waals surface area (Å²) in [6, 6.07) is 11.9. The monoisotopic (exact) mass is 436 g/mol. The van der Waals surface area contributed by atoms with Crippen LogP contribution in [-0.2, 0) is 24.7 Å². The fraction of sp³-hybridized carbons (Fsp3) is 0.292. The number of fused-ring (bicyclic) bond motifs is 2. The Morgan fingerprint density at radius 1 is 1.09 bits per heavy atom. The average molecular weight is 436 g/mol. The molecule has 2 aliphatic rings. The van der Waals surface area contributed by atoms with Gasteiger partial charge in [0.15, 0.2) is 5.54 Å². The number of para-hydroxylation sites is 1. The van der Waals surface area contributed by atoms with Crippen molar-refractivity contribution in [2.24, 2.45) is 0 Å². The number of aryl methyl sites for hydroxylation is 1. The Labute approximate surface area is 185 Å². The van der Waals surface area contributed by atoms with E-state index >= 15 is 0 Å². The van der Waals surface area contributed by atoms with Crippen molar-refractivity contribution < 1.29 is 29.0 Å². The number of ketones is 1. The number of rotatable bonds is 5. The second-order valence-electron chi connectivity index (χ2n) is 7.78. The third-order valence-corrected chi connectivity index (χ3v) is 6.13. The smallest absolute Gasteiger partial charge is 0.296 e. The number of nitrogens with zero attached hydrogens (tertiary/aromatic N) is 2. The maximum Gasteiger partial charge on any atom is 0.296 e. The molecule has 1 atom stereocenters. The van der Waals surface area contributed by atoms with E-state index in [4.69, 9.17) is 9.47 Å². The zero-order chi connectivity index (χ0) is 23.2. The fourth-order valence-corrected chi connectivity index (χ4v) is 4.62. The number of likely N-dealkylation sites (tertiary alicyclic amines) is 1. The Morgan fingerprint density at radius 2 is 1.81 bits per heavy atom. The minimum Gasteiger partial charge on any atom is -0.507 e. The number of methoxy groups -OCH3 is 2. The van der Waals surface area contributed by atoms with Crippen molar-refractivity contribution in [2.75, 3.05) is 39.3 Å². The number of benzene rings is 2. The summed E-state index contributed by atoms with van der Waals surface area (Å²) in [5.74, 6) is -2.05. The van der Waals surface area contributed by atoms with Crippen LogP contribution in [0.2, 0.25) is 0 Å². The maximum atomic E-state index is 13.7. The van der Waals surface area contributed by atoms with E-state index in [9.17, 15) is 19.5 Å². The number of ether oxygens (including phenoxy) is 2. The highest BCUT2D eigenvalue weighted by molar-refractivity contribution is 6.50. The van der Waals surface area contributed by atoms with Crippen molar-refractivity contribution in [1.82, 2.24) is 4.90 Å². The number of hydrogen-bond acceptors (Lipinski definition) is 6. The molecule has 1 spiro atoms. The van der Waals surface area contributed by atoms with Gasteiger partial charge < -0.3 is 24.4 Å². The molecule has 0 aromatic heterocycles. The Hall–Kier alpha value is -3.65. The van der Waals surface area contributed by atoms with Gasteiger partial charge in [0, 0.05) is 37.5 Å². The summed E-state index contributed by atoms with van der Waals surface area (Å²) >= 11 is 0. The topological polar surface area (TPSA) is 96.4 Å². The second kappa shape index (κ2) is 7.80. The molecule has 1 fully saturated rings. The van der Waals surface area contributed by atoms with Crippen LogP contribution in [0.25, 0.3) is 5.76 Å². The molecule has 0 bridgehead atoms. The van der Waals surface area contributed by atoms with Gasteiger partial charge in [0.2, 0.25) is 0 Å². The van der Waals surface area contributed by atoms with Crippen molar-refractivity contribution in [3.63, 3.8) is 0 Å². The number of carbonyl (C=O) groups is 3. The molecule has 0 aliphatic carbocycles. The summed E-state index contributed by atoms with van der Waals surface area (Å²) in [7, 11) is 4.59. The number of aliphatic hydroxyl groups is 1. The number of anilines is 1. The SMILES string of the molecule is COCCN1C(=O)C(=O)C(=C(O)c2ccc(OC)c(C)c2)[C@]12C(=O)N(C)c1ccccc12. The van der Waals surface area contributed by atoms with Crippen LogP contribution in [0.15, 0.2) is 48.0 Å². The highest BCUT2D eigenvalue weighted by Crippen LogP contribution is 2.53. The first kappa shape index (κ1) is 21.6. The fourth-order valence-electron chi connectivity index (χ4n) is 4.62. The van der Waals surface area contributed by atoms with Gasteiger partial charge in [-0.2, -0.15) is 0 Å². The largest absolute Gasteiger partial charge is 0.507 e. The van der Waals surface area contributed by atoms with E-state index in [0.717, 1.165) is 5.56 Å². The van der Waals surface area contributed by atoms with Crippen LogP contribution in [0.4, 0.5) is 5.69 Å². The zero-order valence-electron chi connectivity index (χ0n) is 18.3. The molecule has 8 heteroatoms. The van der Waals surface area contributed by atoms with Crippen LogP contribution in [0.3, 0.4) is 0 Å². The summed E-state index contributed by atoms with van der Waals surface area (Å²) in [5.41, 5.74) is 0.0654. The normalized spacial score (nSPS) is 21.6. The highest BCUT2D eigenvalue weighted by atomic mass is 16.5. The summed E-state index contributed by atoms with van der Waals surface area (Å²) in [5, 5.41) is 11.3. The predicted molar refractivity (Wildman–Crippen MR) is 117 cm³/mol. The molecule has 0 radical (unpaired) electrons. The third kappa shape index (κ3) is 2.76. The average Bonchev–Trinajstić information content (AvgIpc) is 3.15. The third-order valence-electron chi connectivity index (χ3n) is 6.13. The highest BCUT2D eigenvalue weighted by Gasteiger charge is 2.66. The lowest BCUT2D eigenvalue weighted by Crippen LogP contribution is -2.52. The van der Waals surface area contributed by atoms with E-state index in [1.807, 2.05) is 0 Å². The van der Waals surface area contributed by atoms with Crippen LogP contribution >= 0.6 is 0 Å². The summed E-state index contributed by atoms with van der Waals surface area (Å²) < 4.78 is 10.4. The van der Waals surface area contributed by atoms with Crippen molar-refractivity contribution >= 4 is 29.0 Å². The molecule has 4 rings (SSSR count). The van der Waals surface area contributed by atoms with Crippen LogP contribution in [-0.4, -0.2) is 62.0 Å². The zero-order valence-corrected chi connectivity index (χ0v) is 18.3. The van der Waals surface area contributed by atoms with Crippen LogP contribution < -0.4 is 9.64 Å². The van der Waals surface area contributed by atoms with E-state index in [0.29, 0.717) is 22.6 Å². The minimum absolute atomic E-state index is 0.00735. The molecule has 0 unspecified atom stereocenters. The molecule has 1 N–H and O–H groups in total. The molecule has 2 aromatic carbocycles. The van der Waals surface area contributed by atoms with Crippen LogP contribution in [0.5, 0.6) is 5.75 Å². The van der Waals surface area contributed by atoms with Gasteiger partial charge in [0.25, 0.3) is 17.6 Å². The molecule has 0 saturated carbocycles. The Bertz CT molecular complexity index is 1170. The number of hydrogen-bond donors (Lipinski definition) is 1. The van der Waals surface area contributed by atoms with Gasteiger partial charge in [-0.1, -0.05) is 18.2 Å². The quantitative estimate of drug-likeness (QED) is 0.439. The lowest BCUT2D eigenvalue weighted by molar-refractivity contribution is -0.144. The van der Waals surface area contributed by atoms with E-state index in [1.165, 1.54) is 24.0 Å². The van der Waals surface area contributed by atoms with Crippen molar-refractivity contribution in [2.45, 2.75) is 12.5 Å². The van der Waals surface area contributed by atoms with Crippen LogP contribution in [0, 0.1) is 6.92 Å². The summed E-state index contributed by atoms with van der Waals surface area (Å²) in [6.45, 7) is 1.93. The number of carbonyl (C=O) groups excluding carboxylic acids is 3. The Balaban J connectivity index is 2.04. The number of aliphatic hydroxyl groups excluding tert-OH is 1. The number of Topliss-reactive ketones (excluding diaryl/α,β-unsaturated/α-hetero) is 1. The molecule has 2 aromatic rings. The standard InChI is InChI=1S/C24H24N2O6/c1-14-13-15(9-10-18(14)32-4)20(27)19-21(28)22(29)26(11-12-31-3)24(19)16-7-5-6-8-17(16)25(2)23(24)30/h5-10,13,27H,11-12H2,1-4H3/t24-/m1/s1. The Kier molecular flexibility index (Phi) is 5.26. The van der Waals surface area contributed by atoms with Crippen LogP contribution in [0.1, 0.15) is 16.7 Å². The van der Waals surface area contributed by atoms with Gasteiger partial charge in [-0.15, -0.1) is 0 Å². The molecule has 32 heavy (non-hydrogen) atoms. The van der Waals surface area contributed by atoms with Gasteiger partial charge in [-0.3, -0.25) is 14.4 Å². The second-order valence-corrected chi connectivity index (χ2v) is 7.78. The maximum absolute atomic E-state index is 13.7. The first-order chi connectivity index (χ1) is 15.3. The van der Waals surface area contributed by atoms with E-state index < -0.39 is 28.9 Å². The molecule has 2 heterocycles. The minimum atomic E-state index is -1.77. The first-order valence-corrected chi connectivity index (χ1v) is 10.1. The van der Waals surface area contributed by atoms with Crippen molar-refractivity contribution in [3.05, 3.63) is 64.7 Å². The summed E-state index contributed by atoms with van der Waals surface area (Å²) in [6.07, 6.45) is 0. The predicted octanol–water partition coefficient (Wildman–Crippen LogP) is 2.20. The van der Waals surface area contributed by atoms with E-state index in [2.05, 4.69) is 0 Å². The molecule has 1 saturated heterocycles. The molecular weight excluding hydrogens is 412 g/mol. The lowest BCUT2D eigenvalue weighted by atomic mass is 9.82. The molecule has 8 nitrogen and oxygen atoms in total. The van der Waals surface area contributed by atoms with Gasteiger partial charge in [-0.05, 0) is 36.8 Å². The number of likely N-dealkylation sites (N-methyl/N-ethyl adjacent to an activating group) is 1.